The number of rotatable bonds is 9. The van der Waals surface area contributed by atoms with Crippen molar-refractivity contribution in [3.8, 4) is 11.5 Å². The summed E-state index contributed by atoms with van der Waals surface area (Å²) in [5, 5.41) is 55.7. The lowest BCUT2D eigenvalue weighted by atomic mass is 9.48. The van der Waals surface area contributed by atoms with Crippen LogP contribution in [0.1, 0.15) is 55.2 Å². The van der Waals surface area contributed by atoms with Crippen molar-refractivity contribution in [1.29, 1.82) is 0 Å². The van der Waals surface area contributed by atoms with Crippen LogP contribution in [0.15, 0.2) is 42.5 Å². The van der Waals surface area contributed by atoms with Gasteiger partial charge in [0.1, 0.15) is 12.2 Å². The summed E-state index contributed by atoms with van der Waals surface area (Å²) in [6.45, 7) is 1.94. The minimum atomic E-state index is -2.27. The number of aliphatic carboxylic acids is 2. The van der Waals surface area contributed by atoms with Crippen LogP contribution in [0.3, 0.4) is 0 Å². The van der Waals surface area contributed by atoms with E-state index in [0.717, 1.165) is 48.5 Å². The number of hydrogen-bond donors (Lipinski definition) is 6. The molecule has 0 aromatic heterocycles. The molecule has 2 aromatic carbocycles. The summed E-state index contributed by atoms with van der Waals surface area (Å²) in [6.07, 6.45) is 0.729. The molecule has 1 spiro atoms. The summed E-state index contributed by atoms with van der Waals surface area (Å²) in [5.41, 5.74) is 1.63. The van der Waals surface area contributed by atoms with Crippen LogP contribution in [0.2, 0.25) is 0 Å². The molecule has 6 N–H and O–H groups in total. The van der Waals surface area contributed by atoms with Crippen LogP contribution in [0.4, 0.5) is 0 Å². The van der Waals surface area contributed by atoms with E-state index in [0.29, 0.717) is 31.4 Å². The molecule has 45 heavy (non-hydrogen) atoms. The predicted octanol–water partition coefficient (Wildman–Crippen LogP) is 1.38. The average molecular weight is 626 g/mol. The van der Waals surface area contributed by atoms with Crippen molar-refractivity contribution < 1.29 is 54.5 Å². The van der Waals surface area contributed by atoms with E-state index in [9.17, 15) is 24.6 Å². The average Bonchev–Trinajstić information content (AvgIpc) is 3.76. The van der Waals surface area contributed by atoms with Crippen LogP contribution in [-0.2, 0) is 37.4 Å². The van der Waals surface area contributed by atoms with Gasteiger partial charge in [0.15, 0.2) is 23.7 Å². The van der Waals surface area contributed by atoms with Gasteiger partial charge in [0.05, 0.1) is 11.0 Å². The molecule has 5 aliphatic rings. The number of aromatic hydroxyl groups is 1. The quantitative estimate of drug-likeness (QED) is 0.220. The van der Waals surface area contributed by atoms with Gasteiger partial charge < -0.3 is 40.1 Å². The molecule has 2 saturated carbocycles. The van der Waals surface area contributed by atoms with E-state index in [4.69, 9.17) is 29.9 Å². The number of benzene rings is 2. The number of aliphatic hydroxyl groups excluding tert-OH is 2. The third-order valence-electron chi connectivity index (χ3n) is 10.3. The highest BCUT2D eigenvalue weighted by atomic mass is 16.6. The summed E-state index contributed by atoms with van der Waals surface area (Å²) in [4.78, 5) is 35.0. The van der Waals surface area contributed by atoms with Crippen molar-refractivity contribution in [2.75, 3.05) is 13.1 Å². The first-order valence-electron chi connectivity index (χ1n) is 15.5. The van der Waals surface area contributed by atoms with Crippen molar-refractivity contribution in [1.82, 2.24) is 4.90 Å². The Bertz CT molecular complexity index is 1440. The molecule has 12 nitrogen and oxygen atoms in total. The highest BCUT2D eigenvalue weighted by Crippen LogP contribution is 2.65. The van der Waals surface area contributed by atoms with Crippen molar-refractivity contribution in [2.24, 2.45) is 5.92 Å². The molecule has 3 fully saturated rings. The Morgan fingerprint density at radius 3 is 2.31 bits per heavy atom. The second-order valence-electron chi connectivity index (χ2n) is 12.9. The monoisotopic (exact) mass is 625 g/mol. The first-order valence-corrected chi connectivity index (χ1v) is 15.5. The highest BCUT2D eigenvalue weighted by Gasteiger charge is 2.73. The third kappa shape index (κ3) is 5.43. The van der Waals surface area contributed by atoms with Gasteiger partial charge in [-0.25, -0.2) is 9.59 Å². The smallest absolute Gasteiger partial charge is 0.335 e. The van der Waals surface area contributed by atoms with Gasteiger partial charge in [-0.15, -0.1) is 0 Å². The summed E-state index contributed by atoms with van der Waals surface area (Å²) < 4.78 is 12.5. The van der Waals surface area contributed by atoms with Gasteiger partial charge in [-0.1, -0.05) is 36.4 Å². The van der Waals surface area contributed by atoms with E-state index < -0.39 is 47.4 Å². The SMILES string of the molecule is O=C(CCc1ccccc1)O[C@H]1CC[C@@]2(O)[C@H]3Cc4ccc(O)c5c4[C@@]2(CCN3CC2CC2)[C@@H]1O5.O=C(O)C(O)C(O)C(=O)O. The van der Waals surface area contributed by atoms with Crippen LogP contribution in [0.25, 0.3) is 0 Å². The number of likely N-dealkylation sites (tertiary alicyclic amines) is 1. The number of phenolic OH excluding ortho intramolecular Hbond substituents is 1. The number of carboxylic acid groups (broad SMARTS) is 2. The first kappa shape index (κ1) is 31.3. The number of phenols is 1. The molecule has 3 aliphatic carbocycles. The molecule has 2 heterocycles. The Labute approximate surface area is 259 Å². The first-order chi connectivity index (χ1) is 21.5. The fraction of sp³-hybridized carbons (Fsp3) is 0.545. The Morgan fingerprint density at radius 2 is 1.67 bits per heavy atom. The largest absolute Gasteiger partial charge is 0.504 e. The predicted molar refractivity (Wildman–Crippen MR) is 157 cm³/mol. The maximum absolute atomic E-state index is 12.9. The molecule has 2 aliphatic heterocycles. The molecule has 0 radical (unpaired) electrons. The number of aryl methyl sites for hydroxylation is 1. The summed E-state index contributed by atoms with van der Waals surface area (Å²) in [5.74, 6) is -2.41. The summed E-state index contributed by atoms with van der Waals surface area (Å²) in [7, 11) is 0. The van der Waals surface area contributed by atoms with Gasteiger partial charge in [-0.3, -0.25) is 9.69 Å². The van der Waals surface area contributed by atoms with Crippen LogP contribution in [0.5, 0.6) is 11.5 Å². The van der Waals surface area contributed by atoms with Crippen molar-refractivity contribution in [3.63, 3.8) is 0 Å². The lowest BCUT2D eigenvalue weighted by molar-refractivity contribution is -0.216. The van der Waals surface area contributed by atoms with Gasteiger partial charge >= 0.3 is 17.9 Å². The fourth-order valence-electron chi connectivity index (χ4n) is 7.95. The Morgan fingerprint density at radius 1 is 0.978 bits per heavy atom. The molecule has 7 rings (SSSR count). The molecule has 0 amide bonds. The van der Waals surface area contributed by atoms with Crippen LogP contribution in [0, 0.1) is 5.92 Å². The Kier molecular flexibility index (Phi) is 8.27. The number of ether oxygens (including phenoxy) is 2. The lowest BCUT2D eigenvalue weighted by Gasteiger charge is -2.64. The fourth-order valence-corrected chi connectivity index (χ4v) is 7.95. The molecular formula is C33H39NO11. The Balaban J connectivity index is 0.000000311. The maximum atomic E-state index is 12.9. The number of piperidine rings is 1. The molecule has 12 heteroatoms. The molecular weight excluding hydrogens is 586 g/mol. The topological polar surface area (TPSA) is 194 Å². The van der Waals surface area contributed by atoms with Crippen LogP contribution < -0.4 is 4.74 Å². The minimum Gasteiger partial charge on any atom is -0.504 e. The zero-order valence-electron chi connectivity index (χ0n) is 24.7. The standard InChI is InChI=1S/C29H33NO5.C4H6O6/c31-21-10-9-20-16-23-29(33)13-12-22(34-24(32)11-8-18-4-2-1-3-5-18)27-28(29,25(20)26(21)35-27)14-15-30(23)17-19-6-7-19;5-1(3(7)8)2(6)4(9)10/h1-5,9-10,19,22-23,27,31,33H,6-8,11-17H2;1-2,5-6H,(H,7,8)(H,9,10)/t22-,23+,27+,28-,29+;/m0./s1. The normalized spacial score (nSPS) is 30.5. The number of carbonyl (C=O) groups is 3. The zero-order valence-corrected chi connectivity index (χ0v) is 24.7. The van der Waals surface area contributed by atoms with Gasteiger partial charge in [-0.2, -0.15) is 0 Å². The summed E-state index contributed by atoms with van der Waals surface area (Å²) in [6, 6.07) is 13.7. The van der Waals surface area contributed by atoms with E-state index in [1.54, 1.807) is 6.07 Å². The molecule has 1 saturated heterocycles. The van der Waals surface area contributed by atoms with Gasteiger partial charge in [0.2, 0.25) is 0 Å². The van der Waals surface area contributed by atoms with E-state index in [2.05, 4.69) is 4.90 Å². The second-order valence-corrected chi connectivity index (χ2v) is 12.9. The number of nitrogens with zero attached hydrogens (tertiary/aromatic N) is 1. The molecule has 2 bridgehead atoms. The second kappa shape index (κ2) is 11.9. The molecule has 7 atom stereocenters. The lowest BCUT2D eigenvalue weighted by Crippen LogP contribution is -2.77. The van der Waals surface area contributed by atoms with Gasteiger partial charge in [-0.05, 0) is 74.6 Å². The number of hydrogen-bond acceptors (Lipinski definition) is 10. The van der Waals surface area contributed by atoms with Gasteiger partial charge in [0, 0.05) is 24.6 Å². The number of carbonyl (C=O) groups excluding carboxylic acids is 1. The van der Waals surface area contributed by atoms with Gasteiger partial charge in [0.25, 0.3) is 0 Å². The van der Waals surface area contributed by atoms with Crippen molar-refractivity contribution >= 4 is 17.9 Å². The van der Waals surface area contributed by atoms with E-state index in [-0.39, 0.29) is 17.8 Å². The Hall–Kier alpha value is -3.71. The number of esters is 1. The van der Waals surface area contributed by atoms with Crippen molar-refractivity contribution in [3.05, 3.63) is 59.2 Å². The number of aliphatic hydroxyl groups is 3. The van der Waals surface area contributed by atoms with E-state index >= 15 is 0 Å². The van der Waals surface area contributed by atoms with Crippen molar-refractivity contribution in [2.45, 2.75) is 92.8 Å². The van der Waals surface area contributed by atoms with E-state index in [1.807, 2.05) is 36.4 Å². The zero-order chi connectivity index (χ0) is 32.1. The van der Waals surface area contributed by atoms with Crippen LogP contribution in [-0.4, -0.2) is 103 Å². The summed E-state index contributed by atoms with van der Waals surface area (Å²) >= 11 is 0. The third-order valence-corrected chi connectivity index (χ3v) is 10.3. The molecule has 242 valence electrons. The maximum Gasteiger partial charge on any atom is 0.335 e. The molecule has 2 aromatic rings. The van der Waals surface area contributed by atoms with Crippen LogP contribution >= 0.6 is 0 Å². The minimum absolute atomic E-state index is 0.0284. The number of carboxylic acids is 2. The molecule has 2 unspecified atom stereocenters. The van der Waals surface area contributed by atoms with E-state index in [1.165, 1.54) is 12.8 Å². The highest BCUT2D eigenvalue weighted by molar-refractivity contribution is 5.83.